The number of carbonyl (C=O) groups is 2. The lowest BCUT2D eigenvalue weighted by atomic mass is 10.1. The van der Waals surface area contributed by atoms with Gasteiger partial charge in [-0.2, -0.15) is 0 Å². The standard InChI is InChI=1S/C12H10O4/c1-3-15-12(14)11-6-4-10(5-7-11)9(2)16-8-13/h3-8H,1-2H2. The summed E-state index contributed by atoms with van der Waals surface area (Å²) in [4.78, 5) is 21.3. The van der Waals surface area contributed by atoms with Crippen LogP contribution in [-0.4, -0.2) is 12.4 Å². The molecule has 0 N–H and O–H groups in total. The van der Waals surface area contributed by atoms with Gasteiger partial charge in [-0.15, -0.1) is 0 Å². The first-order chi connectivity index (χ1) is 7.69. The Morgan fingerprint density at radius 2 is 1.69 bits per heavy atom. The Balaban J connectivity index is 2.82. The minimum atomic E-state index is -0.497. The third kappa shape index (κ3) is 2.81. The molecule has 0 radical (unpaired) electrons. The molecule has 0 fully saturated rings. The third-order valence-corrected chi connectivity index (χ3v) is 1.82. The second kappa shape index (κ2) is 5.50. The predicted octanol–water partition coefficient (Wildman–Crippen LogP) is 2.13. The monoisotopic (exact) mass is 218 g/mol. The van der Waals surface area contributed by atoms with E-state index in [1.165, 1.54) is 0 Å². The molecule has 0 atom stereocenters. The molecule has 0 aliphatic carbocycles. The molecular weight excluding hydrogens is 208 g/mol. The van der Waals surface area contributed by atoms with Gasteiger partial charge >= 0.3 is 5.97 Å². The zero-order valence-corrected chi connectivity index (χ0v) is 8.51. The largest absolute Gasteiger partial charge is 0.432 e. The van der Waals surface area contributed by atoms with Crippen molar-refractivity contribution >= 4 is 18.2 Å². The molecule has 0 spiro atoms. The van der Waals surface area contributed by atoms with Gasteiger partial charge < -0.3 is 9.47 Å². The molecule has 16 heavy (non-hydrogen) atoms. The summed E-state index contributed by atoms with van der Waals surface area (Å²) in [5.41, 5.74) is 0.991. The zero-order chi connectivity index (χ0) is 12.0. The number of hydrogen-bond donors (Lipinski definition) is 0. The first kappa shape index (κ1) is 11.7. The van der Waals surface area contributed by atoms with Crippen LogP contribution in [0.4, 0.5) is 0 Å². The molecule has 0 amide bonds. The minimum Gasteiger partial charge on any atom is -0.432 e. The van der Waals surface area contributed by atoms with Crippen LogP contribution in [0.5, 0.6) is 0 Å². The van der Waals surface area contributed by atoms with Crippen LogP contribution in [0, 0.1) is 0 Å². The quantitative estimate of drug-likeness (QED) is 0.431. The lowest BCUT2D eigenvalue weighted by Gasteiger charge is -2.03. The van der Waals surface area contributed by atoms with Gasteiger partial charge in [0.05, 0.1) is 11.8 Å². The number of ether oxygens (including phenoxy) is 2. The van der Waals surface area contributed by atoms with Gasteiger partial charge in [0.2, 0.25) is 0 Å². The summed E-state index contributed by atoms with van der Waals surface area (Å²) in [6.45, 7) is 7.11. The highest BCUT2D eigenvalue weighted by Crippen LogP contribution is 2.14. The number of rotatable bonds is 5. The van der Waals surface area contributed by atoms with E-state index in [1.54, 1.807) is 24.3 Å². The van der Waals surface area contributed by atoms with Crippen LogP contribution in [0.15, 0.2) is 43.7 Å². The third-order valence-electron chi connectivity index (χ3n) is 1.82. The van der Waals surface area contributed by atoms with E-state index in [9.17, 15) is 9.59 Å². The molecule has 0 saturated heterocycles. The van der Waals surface area contributed by atoms with Crippen LogP contribution in [0.2, 0.25) is 0 Å². The smallest absolute Gasteiger partial charge is 0.342 e. The molecule has 0 bridgehead atoms. The van der Waals surface area contributed by atoms with E-state index in [0.717, 1.165) is 6.26 Å². The Morgan fingerprint density at radius 1 is 1.12 bits per heavy atom. The Labute approximate surface area is 92.8 Å². The summed E-state index contributed by atoms with van der Waals surface area (Å²) in [5, 5.41) is 0. The first-order valence-corrected chi connectivity index (χ1v) is 4.40. The lowest BCUT2D eigenvalue weighted by Crippen LogP contribution is -2.00. The van der Waals surface area contributed by atoms with Crippen LogP contribution in [-0.2, 0) is 14.3 Å². The number of carbonyl (C=O) groups excluding carboxylic acids is 2. The Morgan fingerprint density at radius 3 is 2.19 bits per heavy atom. The molecule has 0 aliphatic heterocycles. The molecule has 1 aromatic rings. The maximum absolute atomic E-state index is 11.2. The van der Waals surface area contributed by atoms with Crippen molar-refractivity contribution in [1.82, 2.24) is 0 Å². The van der Waals surface area contributed by atoms with Crippen molar-refractivity contribution in [2.75, 3.05) is 0 Å². The summed E-state index contributed by atoms with van der Waals surface area (Å²) in [7, 11) is 0. The number of benzene rings is 1. The average Bonchev–Trinajstić information content (AvgIpc) is 2.30. The zero-order valence-electron chi connectivity index (χ0n) is 8.51. The summed E-state index contributed by atoms with van der Waals surface area (Å²) >= 11 is 0. The van der Waals surface area contributed by atoms with E-state index in [4.69, 9.17) is 0 Å². The molecule has 0 aliphatic rings. The SMILES string of the molecule is C=COC(=O)c1ccc(C(=C)OC=O)cc1. The van der Waals surface area contributed by atoms with Crippen LogP contribution >= 0.6 is 0 Å². The number of hydrogen-bond acceptors (Lipinski definition) is 4. The van der Waals surface area contributed by atoms with Gasteiger partial charge in [0.1, 0.15) is 5.76 Å². The Hall–Kier alpha value is -2.36. The first-order valence-electron chi connectivity index (χ1n) is 4.40. The molecule has 1 aromatic carbocycles. The van der Waals surface area contributed by atoms with Crippen LogP contribution in [0.25, 0.3) is 5.76 Å². The second-order valence-corrected chi connectivity index (χ2v) is 2.79. The van der Waals surface area contributed by atoms with E-state index in [-0.39, 0.29) is 5.76 Å². The molecular formula is C12H10O4. The van der Waals surface area contributed by atoms with Gasteiger partial charge in [-0.05, 0) is 12.1 Å². The molecule has 0 saturated carbocycles. The van der Waals surface area contributed by atoms with Gasteiger partial charge in [0, 0.05) is 5.56 Å². The highest BCUT2D eigenvalue weighted by Gasteiger charge is 2.06. The van der Waals surface area contributed by atoms with E-state index in [2.05, 4.69) is 22.6 Å². The van der Waals surface area contributed by atoms with Gasteiger partial charge in [0.15, 0.2) is 0 Å². The average molecular weight is 218 g/mol. The lowest BCUT2D eigenvalue weighted by molar-refractivity contribution is -0.122. The normalized spacial score (nSPS) is 9.00. The predicted molar refractivity (Wildman–Crippen MR) is 58.2 cm³/mol. The van der Waals surface area contributed by atoms with Crippen molar-refractivity contribution in [3.63, 3.8) is 0 Å². The minimum absolute atomic E-state index is 0.221. The fourth-order valence-electron chi connectivity index (χ4n) is 1.06. The van der Waals surface area contributed by atoms with Crippen molar-refractivity contribution in [2.45, 2.75) is 0 Å². The number of esters is 1. The van der Waals surface area contributed by atoms with Crippen molar-refractivity contribution in [3.8, 4) is 0 Å². The maximum atomic E-state index is 11.2. The van der Waals surface area contributed by atoms with Crippen molar-refractivity contribution in [2.24, 2.45) is 0 Å². The van der Waals surface area contributed by atoms with Crippen molar-refractivity contribution < 1.29 is 19.1 Å². The van der Waals surface area contributed by atoms with E-state index >= 15 is 0 Å². The summed E-state index contributed by atoms with van der Waals surface area (Å²) in [6, 6.07) is 6.29. The highest BCUT2D eigenvalue weighted by molar-refractivity contribution is 5.90. The molecule has 1 rings (SSSR count). The van der Waals surface area contributed by atoms with Gasteiger partial charge in [-0.25, -0.2) is 4.79 Å². The highest BCUT2D eigenvalue weighted by atomic mass is 16.5. The molecule has 4 heteroatoms. The van der Waals surface area contributed by atoms with E-state index < -0.39 is 5.97 Å². The van der Waals surface area contributed by atoms with Gasteiger partial charge in [-0.1, -0.05) is 25.3 Å². The Kier molecular flexibility index (Phi) is 4.03. The van der Waals surface area contributed by atoms with Crippen LogP contribution in [0.1, 0.15) is 15.9 Å². The van der Waals surface area contributed by atoms with Gasteiger partial charge in [0.25, 0.3) is 6.47 Å². The molecule has 0 heterocycles. The molecule has 0 unspecified atom stereocenters. The fraction of sp³-hybridized carbons (Fsp3) is 0. The van der Waals surface area contributed by atoms with Crippen LogP contribution in [0.3, 0.4) is 0 Å². The maximum Gasteiger partial charge on any atom is 0.342 e. The second-order valence-electron chi connectivity index (χ2n) is 2.79. The topological polar surface area (TPSA) is 52.6 Å². The summed E-state index contributed by atoms with van der Waals surface area (Å²) < 4.78 is 9.16. The summed E-state index contributed by atoms with van der Waals surface area (Å²) in [5.74, 6) is -0.276. The van der Waals surface area contributed by atoms with Crippen LogP contribution < -0.4 is 0 Å². The summed E-state index contributed by atoms with van der Waals surface area (Å²) in [6.07, 6.45) is 1.06. The molecule has 0 aromatic heterocycles. The fourth-order valence-corrected chi connectivity index (χ4v) is 1.06. The molecule has 4 nitrogen and oxygen atoms in total. The van der Waals surface area contributed by atoms with E-state index in [1.807, 2.05) is 0 Å². The van der Waals surface area contributed by atoms with E-state index in [0.29, 0.717) is 17.6 Å². The molecule has 82 valence electrons. The van der Waals surface area contributed by atoms with Crippen molar-refractivity contribution in [1.29, 1.82) is 0 Å². The Bertz CT molecular complexity index is 376. The van der Waals surface area contributed by atoms with Gasteiger partial charge in [-0.3, -0.25) is 4.79 Å². The van der Waals surface area contributed by atoms with Crippen molar-refractivity contribution in [3.05, 3.63) is 54.8 Å².